The molecule has 1 aromatic carbocycles. The molecule has 0 fully saturated rings. The van der Waals surface area contributed by atoms with Crippen LogP contribution in [0.1, 0.15) is 29.8 Å². The van der Waals surface area contributed by atoms with Gasteiger partial charge in [-0.05, 0) is 32.4 Å². The van der Waals surface area contributed by atoms with Crippen molar-refractivity contribution < 1.29 is 14.3 Å². The number of hydrogen-bond donors (Lipinski definition) is 1. The van der Waals surface area contributed by atoms with Crippen molar-refractivity contribution in [3.05, 3.63) is 29.3 Å². The lowest BCUT2D eigenvalue weighted by Crippen LogP contribution is -2.34. The van der Waals surface area contributed by atoms with E-state index in [4.69, 9.17) is 10.5 Å². The van der Waals surface area contributed by atoms with Crippen LogP contribution in [0.15, 0.2) is 18.2 Å². The maximum atomic E-state index is 11.8. The number of esters is 1. The molecule has 0 aliphatic rings. The second-order valence-electron chi connectivity index (χ2n) is 4.18. The molecule has 0 radical (unpaired) electrons. The topological polar surface area (TPSA) is 72.6 Å². The molecular weight excluding hydrogens is 244 g/mol. The van der Waals surface area contributed by atoms with Crippen molar-refractivity contribution in [2.45, 2.75) is 20.8 Å². The summed E-state index contributed by atoms with van der Waals surface area (Å²) in [6.45, 7) is 6.50. The fourth-order valence-electron chi connectivity index (χ4n) is 1.73. The van der Waals surface area contributed by atoms with Gasteiger partial charge in [0.25, 0.3) is 5.91 Å². The van der Waals surface area contributed by atoms with E-state index in [1.165, 1.54) is 0 Å². The van der Waals surface area contributed by atoms with Gasteiger partial charge < -0.3 is 15.4 Å². The van der Waals surface area contributed by atoms with Crippen molar-refractivity contribution >= 4 is 17.6 Å². The van der Waals surface area contributed by atoms with Gasteiger partial charge >= 0.3 is 5.97 Å². The van der Waals surface area contributed by atoms with Crippen LogP contribution in [0.3, 0.4) is 0 Å². The number of nitrogen functional groups attached to an aromatic ring is 1. The number of aryl methyl sites for hydroxylation is 1. The van der Waals surface area contributed by atoms with E-state index in [0.717, 1.165) is 5.56 Å². The van der Waals surface area contributed by atoms with Gasteiger partial charge in [-0.3, -0.25) is 4.79 Å². The summed E-state index contributed by atoms with van der Waals surface area (Å²) < 4.78 is 5.00. The van der Waals surface area contributed by atoms with Gasteiger partial charge in [-0.25, -0.2) is 4.79 Å². The highest BCUT2D eigenvalue weighted by molar-refractivity contribution is 5.96. The van der Waals surface area contributed by atoms with Crippen LogP contribution in [0.2, 0.25) is 0 Å². The summed E-state index contributed by atoms with van der Waals surface area (Å²) >= 11 is 0. The molecule has 104 valence electrons. The van der Waals surface area contributed by atoms with E-state index in [-0.39, 0.29) is 12.5 Å². The molecule has 5 heteroatoms. The zero-order valence-corrected chi connectivity index (χ0v) is 11.6. The molecule has 2 N–H and O–H groups in total. The second-order valence-corrected chi connectivity index (χ2v) is 4.18. The van der Waals surface area contributed by atoms with Crippen molar-refractivity contribution in [2.24, 2.45) is 0 Å². The monoisotopic (exact) mass is 264 g/mol. The van der Waals surface area contributed by atoms with Crippen molar-refractivity contribution in [3.8, 4) is 0 Å². The molecule has 0 aromatic heterocycles. The molecule has 0 aliphatic carbocycles. The molecule has 0 saturated carbocycles. The number of anilines is 1. The summed E-state index contributed by atoms with van der Waals surface area (Å²) in [5.41, 5.74) is 7.31. The molecule has 19 heavy (non-hydrogen) atoms. The molecule has 1 aromatic rings. The number of amides is 1. The summed E-state index contributed by atoms with van der Waals surface area (Å²) in [6, 6.07) is 5.13. The Morgan fingerprint density at radius 2 is 1.89 bits per heavy atom. The van der Waals surface area contributed by atoms with E-state index in [2.05, 4.69) is 0 Å². The Bertz CT molecular complexity index is 468. The fourth-order valence-corrected chi connectivity index (χ4v) is 1.73. The molecule has 0 aliphatic heterocycles. The molecule has 0 atom stereocenters. The SMILES string of the molecule is CCN(CC)C(=O)COC(=O)c1cccc(C)c1N. The Morgan fingerprint density at radius 1 is 1.26 bits per heavy atom. The lowest BCUT2D eigenvalue weighted by Gasteiger charge is -2.18. The first kappa shape index (κ1) is 15.0. The number of para-hydroxylation sites is 1. The normalized spacial score (nSPS) is 10.1. The van der Waals surface area contributed by atoms with E-state index in [1.807, 2.05) is 26.8 Å². The molecule has 1 amide bonds. The smallest absolute Gasteiger partial charge is 0.340 e. The second kappa shape index (κ2) is 6.78. The maximum absolute atomic E-state index is 11.8. The van der Waals surface area contributed by atoms with Crippen LogP contribution >= 0.6 is 0 Å². The van der Waals surface area contributed by atoms with Crippen molar-refractivity contribution in [3.63, 3.8) is 0 Å². The average Bonchev–Trinajstić information content (AvgIpc) is 2.40. The number of rotatable bonds is 5. The predicted molar refractivity (Wildman–Crippen MR) is 73.8 cm³/mol. The molecule has 0 saturated heterocycles. The van der Waals surface area contributed by atoms with E-state index >= 15 is 0 Å². The van der Waals surface area contributed by atoms with Gasteiger partial charge in [-0.1, -0.05) is 12.1 Å². The Balaban J connectivity index is 2.66. The van der Waals surface area contributed by atoms with Gasteiger partial charge in [-0.2, -0.15) is 0 Å². The van der Waals surface area contributed by atoms with E-state index in [9.17, 15) is 9.59 Å². The average molecular weight is 264 g/mol. The van der Waals surface area contributed by atoms with Crippen LogP contribution < -0.4 is 5.73 Å². The third-order valence-electron chi connectivity index (χ3n) is 2.99. The number of benzene rings is 1. The van der Waals surface area contributed by atoms with Gasteiger partial charge in [0.15, 0.2) is 6.61 Å². The van der Waals surface area contributed by atoms with Gasteiger partial charge in [0.2, 0.25) is 0 Å². The number of carbonyl (C=O) groups excluding carboxylic acids is 2. The first-order chi connectivity index (χ1) is 9.01. The van der Waals surface area contributed by atoms with Crippen molar-refractivity contribution in [2.75, 3.05) is 25.4 Å². The zero-order chi connectivity index (χ0) is 14.4. The number of carbonyl (C=O) groups is 2. The quantitative estimate of drug-likeness (QED) is 0.647. The van der Waals surface area contributed by atoms with Gasteiger partial charge in [0.05, 0.1) is 5.56 Å². The minimum absolute atomic E-state index is 0.204. The van der Waals surface area contributed by atoms with Gasteiger partial charge in [-0.15, -0.1) is 0 Å². The molecule has 5 nitrogen and oxygen atoms in total. The van der Waals surface area contributed by atoms with Crippen LogP contribution in [0.25, 0.3) is 0 Å². The molecule has 0 unspecified atom stereocenters. The Kier molecular flexibility index (Phi) is 5.36. The number of nitrogens with zero attached hydrogens (tertiary/aromatic N) is 1. The first-order valence-electron chi connectivity index (χ1n) is 6.31. The van der Waals surface area contributed by atoms with Gasteiger partial charge in [0.1, 0.15) is 0 Å². The number of nitrogens with two attached hydrogens (primary N) is 1. The minimum Gasteiger partial charge on any atom is -0.452 e. The van der Waals surface area contributed by atoms with Crippen LogP contribution in [0, 0.1) is 6.92 Å². The Morgan fingerprint density at radius 3 is 2.47 bits per heavy atom. The Hall–Kier alpha value is -2.04. The van der Waals surface area contributed by atoms with E-state index in [1.54, 1.807) is 17.0 Å². The lowest BCUT2D eigenvalue weighted by molar-refractivity contribution is -0.134. The number of likely N-dealkylation sites (N-methyl/N-ethyl adjacent to an activating group) is 1. The zero-order valence-electron chi connectivity index (χ0n) is 11.6. The van der Waals surface area contributed by atoms with Crippen LogP contribution in [0.4, 0.5) is 5.69 Å². The lowest BCUT2D eigenvalue weighted by atomic mass is 10.1. The highest BCUT2D eigenvalue weighted by Crippen LogP contribution is 2.17. The van der Waals surface area contributed by atoms with Gasteiger partial charge in [0, 0.05) is 18.8 Å². The first-order valence-corrected chi connectivity index (χ1v) is 6.31. The van der Waals surface area contributed by atoms with E-state index in [0.29, 0.717) is 24.3 Å². The summed E-state index contributed by atoms with van der Waals surface area (Å²) in [6.07, 6.45) is 0. The van der Waals surface area contributed by atoms with Crippen molar-refractivity contribution in [1.82, 2.24) is 4.90 Å². The van der Waals surface area contributed by atoms with Crippen LogP contribution in [-0.4, -0.2) is 36.5 Å². The van der Waals surface area contributed by atoms with Crippen molar-refractivity contribution in [1.29, 1.82) is 0 Å². The molecule has 0 bridgehead atoms. The van der Waals surface area contributed by atoms with Crippen LogP contribution in [0.5, 0.6) is 0 Å². The maximum Gasteiger partial charge on any atom is 0.340 e. The number of ether oxygens (including phenoxy) is 1. The van der Waals surface area contributed by atoms with Crippen LogP contribution in [-0.2, 0) is 9.53 Å². The molecular formula is C14H20N2O3. The summed E-state index contributed by atoms with van der Waals surface area (Å²) in [5, 5.41) is 0. The largest absolute Gasteiger partial charge is 0.452 e. The summed E-state index contributed by atoms with van der Waals surface area (Å²) in [4.78, 5) is 25.2. The summed E-state index contributed by atoms with van der Waals surface area (Å²) in [5.74, 6) is -0.772. The third kappa shape index (κ3) is 3.71. The Labute approximate surface area is 113 Å². The standard InChI is InChI=1S/C14H20N2O3/c1-4-16(5-2)12(17)9-19-14(18)11-8-6-7-10(3)13(11)15/h6-8H,4-5,9,15H2,1-3H3. The molecule has 0 spiro atoms. The molecule has 0 heterocycles. The van der Waals surface area contributed by atoms with E-state index < -0.39 is 5.97 Å². The highest BCUT2D eigenvalue weighted by Gasteiger charge is 2.16. The summed E-state index contributed by atoms with van der Waals surface area (Å²) in [7, 11) is 0. The molecule has 1 rings (SSSR count). The minimum atomic E-state index is -0.568. The predicted octanol–water partition coefficient (Wildman–Crippen LogP) is 1.60. The number of hydrogen-bond acceptors (Lipinski definition) is 4. The fraction of sp³-hybridized carbons (Fsp3) is 0.429. The highest BCUT2D eigenvalue weighted by atomic mass is 16.5. The third-order valence-corrected chi connectivity index (χ3v) is 2.99.